The van der Waals surface area contributed by atoms with Crippen molar-refractivity contribution in [3.05, 3.63) is 29.8 Å². The molecule has 1 aromatic carbocycles. The van der Waals surface area contributed by atoms with Gasteiger partial charge in [-0.1, -0.05) is 6.07 Å². The summed E-state index contributed by atoms with van der Waals surface area (Å²) in [6.07, 6.45) is 2.19. The molecule has 1 atom stereocenters. The van der Waals surface area contributed by atoms with Crippen LogP contribution in [0.5, 0.6) is 0 Å². The van der Waals surface area contributed by atoms with Crippen LogP contribution in [0.3, 0.4) is 0 Å². The minimum absolute atomic E-state index is 0.0410. The fourth-order valence-electron chi connectivity index (χ4n) is 3.74. The summed E-state index contributed by atoms with van der Waals surface area (Å²) in [6, 6.07) is 6.86. The first kappa shape index (κ1) is 23.0. The van der Waals surface area contributed by atoms with Gasteiger partial charge >= 0.3 is 5.97 Å². The fourth-order valence-corrected chi connectivity index (χ4v) is 3.74. The van der Waals surface area contributed by atoms with Gasteiger partial charge in [0.2, 0.25) is 5.91 Å². The quantitative estimate of drug-likeness (QED) is 0.443. The van der Waals surface area contributed by atoms with Gasteiger partial charge in [0.1, 0.15) is 0 Å². The maximum Gasteiger partial charge on any atom is 0.335 e. The number of nitrogens with zero attached hydrogens (tertiary/aromatic N) is 3. The second-order valence-corrected chi connectivity index (χ2v) is 8.30. The summed E-state index contributed by atoms with van der Waals surface area (Å²) in [4.78, 5) is 32.4. The van der Waals surface area contributed by atoms with Crippen molar-refractivity contribution in [1.29, 1.82) is 0 Å². The van der Waals surface area contributed by atoms with Crippen molar-refractivity contribution in [2.24, 2.45) is 4.99 Å². The van der Waals surface area contributed by atoms with Crippen LogP contribution in [0.25, 0.3) is 0 Å². The molecule has 0 spiro atoms. The number of aliphatic imine (C=N–C) groups is 1. The highest BCUT2D eigenvalue weighted by atomic mass is 16.5. The van der Waals surface area contributed by atoms with Gasteiger partial charge in [0.15, 0.2) is 5.96 Å². The molecule has 0 radical (unpaired) electrons. The first-order valence-electron chi connectivity index (χ1n) is 10.9. The number of benzene rings is 1. The number of piperazine rings is 1. The van der Waals surface area contributed by atoms with Crippen LogP contribution in [-0.4, -0.2) is 90.8 Å². The monoisotopic (exact) mass is 431 g/mol. The summed E-state index contributed by atoms with van der Waals surface area (Å²) in [5.41, 5.74) is 0.911. The second kappa shape index (κ2) is 11.1. The topological polar surface area (TPSA) is 107 Å². The van der Waals surface area contributed by atoms with Crippen molar-refractivity contribution in [2.75, 3.05) is 51.2 Å². The van der Waals surface area contributed by atoms with Gasteiger partial charge in [-0.15, -0.1) is 0 Å². The van der Waals surface area contributed by atoms with E-state index in [4.69, 9.17) is 9.73 Å². The number of nitrogens with one attached hydrogen (secondary N) is 2. The Balaban J connectivity index is 1.64. The van der Waals surface area contributed by atoms with Crippen LogP contribution in [0.2, 0.25) is 0 Å². The lowest BCUT2D eigenvalue weighted by atomic mass is 10.2. The smallest absolute Gasteiger partial charge is 0.335 e. The Hall–Kier alpha value is -2.65. The van der Waals surface area contributed by atoms with E-state index in [1.165, 1.54) is 0 Å². The SMILES string of the molecule is CC(C)NC(=O)CN1CCN(C(=NCC2CCCO2)Nc2cccc(C(=O)O)c2)CC1. The van der Waals surface area contributed by atoms with E-state index in [0.29, 0.717) is 24.7 Å². The molecule has 0 saturated carbocycles. The van der Waals surface area contributed by atoms with E-state index in [9.17, 15) is 14.7 Å². The zero-order valence-corrected chi connectivity index (χ0v) is 18.3. The van der Waals surface area contributed by atoms with Gasteiger partial charge in [-0.2, -0.15) is 0 Å². The minimum Gasteiger partial charge on any atom is -0.478 e. The van der Waals surface area contributed by atoms with E-state index < -0.39 is 5.97 Å². The van der Waals surface area contributed by atoms with Crippen LogP contribution in [0.15, 0.2) is 29.3 Å². The van der Waals surface area contributed by atoms with Crippen LogP contribution >= 0.6 is 0 Å². The third-order valence-electron chi connectivity index (χ3n) is 5.32. The van der Waals surface area contributed by atoms with Crippen LogP contribution in [0, 0.1) is 0 Å². The fraction of sp³-hybridized carbons (Fsp3) is 0.591. The number of amides is 1. The highest BCUT2D eigenvalue weighted by Crippen LogP contribution is 2.15. The van der Waals surface area contributed by atoms with Crippen molar-refractivity contribution in [3.63, 3.8) is 0 Å². The van der Waals surface area contributed by atoms with Crippen molar-refractivity contribution >= 4 is 23.5 Å². The molecule has 2 aliphatic rings. The average molecular weight is 432 g/mol. The third-order valence-corrected chi connectivity index (χ3v) is 5.32. The van der Waals surface area contributed by atoms with E-state index in [1.807, 2.05) is 19.9 Å². The van der Waals surface area contributed by atoms with Gasteiger partial charge in [-0.05, 0) is 44.9 Å². The van der Waals surface area contributed by atoms with Gasteiger partial charge in [-0.25, -0.2) is 4.79 Å². The van der Waals surface area contributed by atoms with Crippen LogP contribution < -0.4 is 10.6 Å². The van der Waals surface area contributed by atoms with Gasteiger partial charge in [-0.3, -0.25) is 14.7 Å². The largest absolute Gasteiger partial charge is 0.478 e. The molecule has 1 aromatic rings. The highest BCUT2D eigenvalue weighted by Gasteiger charge is 2.23. The van der Waals surface area contributed by atoms with Crippen LogP contribution in [0.4, 0.5) is 5.69 Å². The molecule has 0 aromatic heterocycles. The molecule has 9 heteroatoms. The number of guanidine groups is 1. The second-order valence-electron chi connectivity index (χ2n) is 8.30. The Bertz CT molecular complexity index is 784. The summed E-state index contributed by atoms with van der Waals surface area (Å²) < 4.78 is 5.70. The van der Waals surface area contributed by atoms with Crippen molar-refractivity contribution in [3.8, 4) is 0 Å². The number of hydrogen-bond acceptors (Lipinski definition) is 5. The molecular weight excluding hydrogens is 398 g/mol. The van der Waals surface area contributed by atoms with Crippen molar-refractivity contribution in [1.82, 2.24) is 15.1 Å². The average Bonchev–Trinajstić information content (AvgIpc) is 3.25. The molecule has 0 bridgehead atoms. The molecule has 2 heterocycles. The van der Waals surface area contributed by atoms with Crippen LogP contribution in [-0.2, 0) is 9.53 Å². The summed E-state index contributed by atoms with van der Waals surface area (Å²) in [7, 11) is 0. The lowest BCUT2D eigenvalue weighted by molar-refractivity contribution is -0.123. The van der Waals surface area contributed by atoms with Crippen LogP contribution in [0.1, 0.15) is 37.0 Å². The maximum atomic E-state index is 12.1. The molecule has 3 N–H and O–H groups in total. The Morgan fingerprint density at radius 2 is 2.03 bits per heavy atom. The van der Waals surface area contributed by atoms with E-state index in [2.05, 4.69) is 20.4 Å². The minimum atomic E-state index is -0.963. The number of carbonyl (C=O) groups excluding carboxylic acids is 1. The molecule has 2 saturated heterocycles. The number of carboxylic acids is 1. The lowest BCUT2D eigenvalue weighted by Gasteiger charge is -2.36. The number of carbonyl (C=O) groups is 2. The Labute approximate surface area is 183 Å². The molecule has 31 heavy (non-hydrogen) atoms. The Morgan fingerprint density at radius 1 is 1.26 bits per heavy atom. The molecule has 0 aliphatic carbocycles. The van der Waals surface area contributed by atoms with Crippen molar-refractivity contribution < 1.29 is 19.4 Å². The highest BCUT2D eigenvalue weighted by molar-refractivity contribution is 5.96. The molecule has 9 nitrogen and oxygen atoms in total. The first-order valence-corrected chi connectivity index (χ1v) is 10.9. The number of ether oxygens (including phenoxy) is 1. The molecule has 170 valence electrons. The number of carboxylic acid groups (broad SMARTS) is 1. The summed E-state index contributed by atoms with van der Waals surface area (Å²) >= 11 is 0. The summed E-state index contributed by atoms with van der Waals surface area (Å²) in [5.74, 6) is -0.210. The number of anilines is 1. The lowest BCUT2D eigenvalue weighted by Crippen LogP contribution is -2.53. The first-order chi connectivity index (χ1) is 14.9. The predicted octanol–water partition coefficient (Wildman–Crippen LogP) is 1.47. The predicted molar refractivity (Wildman–Crippen MR) is 120 cm³/mol. The zero-order valence-electron chi connectivity index (χ0n) is 18.3. The van der Waals surface area contributed by atoms with Gasteiger partial charge in [0, 0.05) is 44.5 Å². The standard InChI is InChI=1S/C22H33N5O4/c1-16(2)24-20(28)15-26-8-10-27(11-9-26)22(23-14-19-7-4-12-31-19)25-18-6-3-5-17(13-18)21(29)30/h3,5-6,13,16,19H,4,7-12,14-15H2,1-2H3,(H,23,25)(H,24,28)(H,29,30). The maximum absolute atomic E-state index is 12.1. The normalized spacial score (nSPS) is 20.2. The van der Waals surface area contributed by atoms with E-state index >= 15 is 0 Å². The zero-order chi connectivity index (χ0) is 22.2. The van der Waals surface area contributed by atoms with Gasteiger partial charge in [0.05, 0.1) is 24.8 Å². The summed E-state index contributed by atoms with van der Waals surface area (Å²) in [6.45, 7) is 8.61. The number of aromatic carboxylic acids is 1. The Morgan fingerprint density at radius 3 is 2.68 bits per heavy atom. The van der Waals surface area contributed by atoms with Crippen molar-refractivity contribution in [2.45, 2.75) is 38.8 Å². The van der Waals surface area contributed by atoms with Gasteiger partial charge < -0.3 is 25.4 Å². The molecule has 2 fully saturated rings. The van der Waals surface area contributed by atoms with Gasteiger partial charge in [0.25, 0.3) is 0 Å². The molecule has 1 unspecified atom stereocenters. The van der Waals surface area contributed by atoms with E-state index in [-0.39, 0.29) is 23.6 Å². The Kier molecular flexibility index (Phi) is 8.25. The molecule has 1 amide bonds. The third kappa shape index (κ3) is 7.22. The molecule has 2 aliphatic heterocycles. The summed E-state index contributed by atoms with van der Waals surface area (Å²) in [5, 5.41) is 15.5. The van der Waals surface area contributed by atoms with E-state index in [1.54, 1.807) is 18.2 Å². The number of rotatable bonds is 7. The van der Waals surface area contributed by atoms with E-state index in [0.717, 1.165) is 45.6 Å². The molecular formula is C22H33N5O4. The number of hydrogen-bond donors (Lipinski definition) is 3. The molecule has 3 rings (SSSR count).